The number of rotatable bonds is 3. The Morgan fingerprint density at radius 1 is 1.22 bits per heavy atom. The van der Waals surface area contributed by atoms with E-state index in [0.717, 1.165) is 0 Å². The van der Waals surface area contributed by atoms with Crippen molar-refractivity contribution in [3.63, 3.8) is 0 Å². The van der Waals surface area contributed by atoms with Crippen LogP contribution in [0.1, 0.15) is 10.5 Å². The van der Waals surface area contributed by atoms with Crippen molar-refractivity contribution in [2.45, 2.75) is 0 Å². The number of aromatic nitrogens is 1. The van der Waals surface area contributed by atoms with Crippen LogP contribution in [-0.4, -0.2) is 16.1 Å². The molecule has 0 aliphatic carbocycles. The van der Waals surface area contributed by atoms with Crippen LogP contribution in [0.25, 0.3) is 0 Å². The van der Waals surface area contributed by atoms with E-state index < -0.39 is 5.97 Å². The lowest BCUT2D eigenvalue weighted by Crippen LogP contribution is -2.02. The van der Waals surface area contributed by atoms with Gasteiger partial charge in [0.2, 0.25) is 0 Å². The summed E-state index contributed by atoms with van der Waals surface area (Å²) in [4.78, 5) is 14.7. The maximum absolute atomic E-state index is 10.8. The molecule has 18 heavy (non-hydrogen) atoms. The topological polar surface area (TPSA) is 62.2 Å². The largest absolute Gasteiger partial charge is 0.477 e. The second kappa shape index (κ2) is 5.25. The molecular formula is C12H8Cl2N2O2. The molecule has 0 amide bonds. The van der Waals surface area contributed by atoms with Gasteiger partial charge in [-0.15, -0.1) is 0 Å². The lowest BCUT2D eigenvalue weighted by molar-refractivity contribution is 0.0690. The van der Waals surface area contributed by atoms with Crippen molar-refractivity contribution >= 4 is 40.7 Å². The minimum atomic E-state index is -1.09. The molecule has 0 fully saturated rings. The maximum atomic E-state index is 10.8. The Morgan fingerprint density at radius 2 is 2.00 bits per heavy atom. The van der Waals surface area contributed by atoms with Gasteiger partial charge in [-0.25, -0.2) is 9.78 Å². The van der Waals surface area contributed by atoms with Gasteiger partial charge in [0.25, 0.3) is 0 Å². The summed E-state index contributed by atoms with van der Waals surface area (Å²) in [6, 6.07) is 9.59. The van der Waals surface area contributed by atoms with Gasteiger partial charge in [0.15, 0.2) is 5.69 Å². The number of halogens is 2. The lowest BCUT2D eigenvalue weighted by Gasteiger charge is -2.08. The first kappa shape index (κ1) is 12.7. The SMILES string of the molecule is O=C(O)c1cccc(Nc2cc(Cl)ccc2Cl)n1. The summed E-state index contributed by atoms with van der Waals surface area (Å²) in [5, 5.41) is 12.8. The number of nitrogens with zero attached hydrogens (tertiary/aromatic N) is 1. The van der Waals surface area contributed by atoms with E-state index in [-0.39, 0.29) is 5.69 Å². The maximum Gasteiger partial charge on any atom is 0.354 e. The van der Waals surface area contributed by atoms with E-state index in [0.29, 0.717) is 21.6 Å². The predicted molar refractivity (Wildman–Crippen MR) is 70.9 cm³/mol. The van der Waals surface area contributed by atoms with Gasteiger partial charge in [0.1, 0.15) is 5.82 Å². The molecule has 0 saturated carbocycles. The van der Waals surface area contributed by atoms with E-state index in [9.17, 15) is 4.79 Å². The van der Waals surface area contributed by atoms with Crippen molar-refractivity contribution in [3.05, 3.63) is 52.1 Å². The van der Waals surface area contributed by atoms with Crippen LogP contribution in [0.2, 0.25) is 10.0 Å². The fraction of sp³-hybridized carbons (Fsp3) is 0. The molecule has 0 unspecified atom stereocenters. The third kappa shape index (κ3) is 2.91. The first-order valence-electron chi connectivity index (χ1n) is 4.98. The molecule has 0 spiro atoms. The average molecular weight is 283 g/mol. The molecule has 1 heterocycles. The summed E-state index contributed by atoms with van der Waals surface area (Å²) < 4.78 is 0. The van der Waals surface area contributed by atoms with E-state index >= 15 is 0 Å². The van der Waals surface area contributed by atoms with Crippen LogP contribution < -0.4 is 5.32 Å². The zero-order chi connectivity index (χ0) is 13.1. The van der Waals surface area contributed by atoms with Gasteiger partial charge >= 0.3 is 5.97 Å². The Morgan fingerprint density at radius 3 is 2.72 bits per heavy atom. The number of aromatic carboxylic acids is 1. The van der Waals surface area contributed by atoms with Crippen LogP contribution in [-0.2, 0) is 0 Å². The van der Waals surface area contributed by atoms with Gasteiger partial charge < -0.3 is 10.4 Å². The van der Waals surface area contributed by atoms with E-state index in [4.69, 9.17) is 28.3 Å². The molecule has 6 heteroatoms. The summed E-state index contributed by atoms with van der Waals surface area (Å²) in [6.07, 6.45) is 0. The first-order chi connectivity index (χ1) is 8.56. The molecule has 0 aliphatic rings. The van der Waals surface area contributed by atoms with Crippen LogP contribution in [0, 0.1) is 0 Å². The Balaban J connectivity index is 2.31. The molecule has 0 atom stereocenters. The number of anilines is 2. The van der Waals surface area contributed by atoms with Crippen LogP contribution in [0.4, 0.5) is 11.5 Å². The van der Waals surface area contributed by atoms with E-state index in [1.165, 1.54) is 6.07 Å². The number of carboxylic acid groups (broad SMARTS) is 1. The van der Waals surface area contributed by atoms with Gasteiger partial charge in [-0.3, -0.25) is 0 Å². The van der Waals surface area contributed by atoms with Crippen molar-refractivity contribution in [2.75, 3.05) is 5.32 Å². The van der Waals surface area contributed by atoms with Gasteiger partial charge in [0, 0.05) is 5.02 Å². The van der Waals surface area contributed by atoms with Gasteiger partial charge in [-0.2, -0.15) is 0 Å². The quantitative estimate of drug-likeness (QED) is 0.898. The first-order valence-corrected chi connectivity index (χ1v) is 5.74. The van der Waals surface area contributed by atoms with Crippen molar-refractivity contribution in [1.29, 1.82) is 0 Å². The summed E-state index contributed by atoms with van der Waals surface area (Å²) in [5.74, 6) is -0.699. The Kier molecular flexibility index (Phi) is 3.69. The monoisotopic (exact) mass is 282 g/mol. The molecule has 0 saturated heterocycles. The highest BCUT2D eigenvalue weighted by Gasteiger charge is 2.07. The number of carboxylic acids is 1. The van der Waals surface area contributed by atoms with Gasteiger partial charge in [-0.05, 0) is 30.3 Å². The van der Waals surface area contributed by atoms with Crippen molar-refractivity contribution in [1.82, 2.24) is 4.98 Å². The molecule has 2 rings (SSSR count). The fourth-order valence-electron chi connectivity index (χ4n) is 1.35. The summed E-state index contributed by atoms with van der Waals surface area (Å²) >= 11 is 11.8. The number of carbonyl (C=O) groups is 1. The molecular weight excluding hydrogens is 275 g/mol. The number of benzene rings is 1. The summed E-state index contributed by atoms with van der Waals surface area (Å²) in [7, 11) is 0. The number of pyridine rings is 1. The third-order valence-electron chi connectivity index (χ3n) is 2.16. The average Bonchev–Trinajstić information content (AvgIpc) is 2.34. The van der Waals surface area contributed by atoms with Crippen LogP contribution in [0.15, 0.2) is 36.4 Å². The molecule has 0 aliphatic heterocycles. The smallest absolute Gasteiger partial charge is 0.354 e. The predicted octanol–water partition coefficient (Wildman–Crippen LogP) is 3.83. The highest BCUT2D eigenvalue weighted by Crippen LogP contribution is 2.27. The normalized spacial score (nSPS) is 10.1. The molecule has 92 valence electrons. The molecule has 0 radical (unpaired) electrons. The number of hydrogen-bond donors (Lipinski definition) is 2. The van der Waals surface area contributed by atoms with E-state index in [1.807, 2.05) is 0 Å². The minimum absolute atomic E-state index is 0.0434. The van der Waals surface area contributed by atoms with Crippen molar-refractivity contribution in [2.24, 2.45) is 0 Å². The Hall–Kier alpha value is -1.78. The standard InChI is InChI=1S/C12H8Cl2N2O2/c13-7-4-5-8(14)10(6-7)16-11-3-1-2-9(15-11)12(17)18/h1-6H,(H,15,16)(H,17,18). The van der Waals surface area contributed by atoms with Crippen LogP contribution >= 0.6 is 23.2 Å². The highest BCUT2D eigenvalue weighted by molar-refractivity contribution is 6.35. The second-order valence-electron chi connectivity index (χ2n) is 3.46. The van der Waals surface area contributed by atoms with Crippen LogP contribution in [0.3, 0.4) is 0 Å². The summed E-state index contributed by atoms with van der Waals surface area (Å²) in [6.45, 7) is 0. The lowest BCUT2D eigenvalue weighted by atomic mass is 10.3. The highest BCUT2D eigenvalue weighted by atomic mass is 35.5. The number of hydrogen-bond acceptors (Lipinski definition) is 3. The molecule has 1 aromatic heterocycles. The third-order valence-corrected chi connectivity index (χ3v) is 2.72. The van der Waals surface area contributed by atoms with E-state index in [2.05, 4.69) is 10.3 Å². The van der Waals surface area contributed by atoms with Gasteiger partial charge in [0.05, 0.1) is 10.7 Å². The molecule has 2 aromatic rings. The fourth-order valence-corrected chi connectivity index (χ4v) is 1.69. The Labute approximate surface area is 113 Å². The zero-order valence-corrected chi connectivity index (χ0v) is 10.5. The zero-order valence-electron chi connectivity index (χ0n) is 9.02. The van der Waals surface area contributed by atoms with Crippen molar-refractivity contribution < 1.29 is 9.90 Å². The minimum Gasteiger partial charge on any atom is -0.477 e. The summed E-state index contributed by atoms with van der Waals surface area (Å²) in [5.41, 5.74) is 0.525. The second-order valence-corrected chi connectivity index (χ2v) is 4.31. The number of nitrogens with one attached hydrogen (secondary N) is 1. The van der Waals surface area contributed by atoms with Crippen molar-refractivity contribution in [3.8, 4) is 0 Å². The van der Waals surface area contributed by atoms with E-state index in [1.54, 1.807) is 30.3 Å². The molecule has 0 bridgehead atoms. The van der Waals surface area contributed by atoms with Crippen LogP contribution in [0.5, 0.6) is 0 Å². The molecule has 1 aromatic carbocycles. The Bertz CT molecular complexity index is 602. The molecule has 2 N–H and O–H groups in total. The van der Waals surface area contributed by atoms with Gasteiger partial charge in [-0.1, -0.05) is 29.3 Å². The molecule has 4 nitrogen and oxygen atoms in total.